The minimum Gasteiger partial charge on any atom is -0.459 e. The van der Waals surface area contributed by atoms with Crippen molar-refractivity contribution in [2.75, 3.05) is 6.61 Å². The molecule has 1 fully saturated rings. The number of esters is 2. The van der Waals surface area contributed by atoms with Crippen molar-refractivity contribution in [3.8, 4) is 0 Å². The van der Waals surface area contributed by atoms with E-state index in [4.69, 9.17) is 37.4 Å². The van der Waals surface area contributed by atoms with Crippen LogP contribution < -0.4 is 0 Å². The lowest BCUT2D eigenvalue weighted by Gasteiger charge is -2.25. The molecule has 154 valence electrons. The van der Waals surface area contributed by atoms with Gasteiger partial charge in [-0.3, -0.25) is 0 Å². The fraction of sp³-hybridized carbons (Fsp3) is 0.300. The zero-order valence-electron chi connectivity index (χ0n) is 15.1. The Bertz CT molecular complexity index is 889. The van der Waals surface area contributed by atoms with Gasteiger partial charge < -0.3 is 14.2 Å². The van der Waals surface area contributed by atoms with Gasteiger partial charge in [-0.05, 0) is 55.5 Å². The van der Waals surface area contributed by atoms with Gasteiger partial charge in [0.25, 0.3) is 0 Å². The van der Waals surface area contributed by atoms with Gasteiger partial charge in [0, 0.05) is 10.0 Å². The molecule has 0 spiro atoms. The average molecular weight is 506 g/mol. The highest BCUT2D eigenvalue weighted by atomic mass is 79.9. The van der Waals surface area contributed by atoms with Crippen LogP contribution in [0.4, 0.5) is 4.39 Å². The Morgan fingerprint density at radius 3 is 2.03 bits per heavy atom. The van der Waals surface area contributed by atoms with Crippen molar-refractivity contribution in [2.24, 2.45) is 0 Å². The van der Waals surface area contributed by atoms with E-state index < -0.39 is 34.8 Å². The lowest BCUT2D eigenvalue weighted by Crippen LogP contribution is -2.44. The smallest absolute Gasteiger partial charge is 0.338 e. The summed E-state index contributed by atoms with van der Waals surface area (Å²) in [4.78, 5) is 24.6. The predicted octanol–water partition coefficient (Wildman–Crippen LogP) is 5.22. The summed E-state index contributed by atoms with van der Waals surface area (Å²) < 4.78 is 31.2. The molecule has 0 saturated carbocycles. The SMILES string of the molecule is C[C@@]1(F)[C@H](OC(=O)c2ccc(Cl)cc2)[C@H](COC(=O)c2ccc(Cl)cc2)O[C@@H]1Br. The second-order valence-corrected chi connectivity index (χ2v) is 8.28. The Morgan fingerprint density at radius 2 is 1.52 bits per heavy atom. The van der Waals surface area contributed by atoms with E-state index in [0.29, 0.717) is 10.0 Å². The van der Waals surface area contributed by atoms with E-state index in [0.717, 1.165) is 0 Å². The molecule has 9 heteroatoms. The standard InChI is InChI=1S/C20H16BrCl2FO5/c1-20(24)16(29-18(26)12-4-8-14(23)9-5-12)15(28-19(20)21)10-27-17(25)11-2-6-13(22)7-3-11/h2-9,15-16,19H,10H2,1H3/t15-,16+,19-,20+/m0/s1. The number of hydrogen-bond acceptors (Lipinski definition) is 5. The summed E-state index contributed by atoms with van der Waals surface area (Å²) in [5.41, 5.74) is -1.56. The lowest BCUT2D eigenvalue weighted by atomic mass is 10.0. The lowest BCUT2D eigenvalue weighted by molar-refractivity contribution is -0.0422. The van der Waals surface area contributed by atoms with Crippen molar-refractivity contribution in [3.63, 3.8) is 0 Å². The summed E-state index contributed by atoms with van der Waals surface area (Å²) in [6.07, 6.45) is -2.30. The largest absolute Gasteiger partial charge is 0.459 e. The summed E-state index contributed by atoms with van der Waals surface area (Å²) in [6, 6.07) is 12.1. The number of benzene rings is 2. The molecule has 0 aliphatic carbocycles. The van der Waals surface area contributed by atoms with E-state index in [9.17, 15) is 9.59 Å². The van der Waals surface area contributed by atoms with Crippen LogP contribution in [0.1, 0.15) is 27.6 Å². The van der Waals surface area contributed by atoms with E-state index in [-0.39, 0.29) is 17.7 Å². The molecule has 2 aromatic carbocycles. The van der Waals surface area contributed by atoms with E-state index in [2.05, 4.69) is 15.9 Å². The maximum Gasteiger partial charge on any atom is 0.338 e. The quantitative estimate of drug-likeness (QED) is 0.411. The van der Waals surface area contributed by atoms with Crippen LogP contribution in [0.5, 0.6) is 0 Å². The van der Waals surface area contributed by atoms with Crippen molar-refractivity contribution in [2.45, 2.75) is 29.8 Å². The Balaban J connectivity index is 1.69. The topological polar surface area (TPSA) is 61.8 Å². The minimum absolute atomic E-state index is 0.208. The Labute approximate surface area is 185 Å². The molecule has 0 unspecified atom stereocenters. The van der Waals surface area contributed by atoms with Crippen LogP contribution in [0.3, 0.4) is 0 Å². The van der Waals surface area contributed by atoms with Gasteiger partial charge in [-0.15, -0.1) is 0 Å². The van der Waals surface area contributed by atoms with Gasteiger partial charge in [0.15, 0.2) is 16.8 Å². The third kappa shape index (κ3) is 5.09. The fourth-order valence-corrected chi connectivity index (χ4v) is 3.55. The van der Waals surface area contributed by atoms with Crippen LogP contribution in [-0.4, -0.2) is 41.4 Å². The average Bonchev–Trinajstić information content (AvgIpc) is 2.90. The van der Waals surface area contributed by atoms with E-state index in [1.54, 1.807) is 12.1 Å². The van der Waals surface area contributed by atoms with Gasteiger partial charge in [0.2, 0.25) is 0 Å². The molecule has 0 bridgehead atoms. The van der Waals surface area contributed by atoms with Crippen molar-refractivity contribution < 1.29 is 28.2 Å². The highest BCUT2D eigenvalue weighted by Gasteiger charge is 2.56. The summed E-state index contributed by atoms with van der Waals surface area (Å²) in [5, 5.41) is -0.115. The van der Waals surface area contributed by atoms with Gasteiger partial charge in [0.05, 0.1) is 11.1 Å². The first-order chi connectivity index (χ1) is 13.7. The fourth-order valence-electron chi connectivity index (χ4n) is 2.76. The number of ether oxygens (including phenoxy) is 3. The first kappa shape index (κ1) is 22.0. The first-order valence-corrected chi connectivity index (χ1v) is 10.2. The van der Waals surface area contributed by atoms with Crippen LogP contribution in [0.25, 0.3) is 0 Å². The Hall–Kier alpha value is -1.67. The number of carbonyl (C=O) groups is 2. The van der Waals surface area contributed by atoms with Crippen LogP contribution in [0.15, 0.2) is 48.5 Å². The third-order valence-electron chi connectivity index (χ3n) is 4.40. The molecule has 29 heavy (non-hydrogen) atoms. The number of alkyl halides is 2. The van der Waals surface area contributed by atoms with Crippen LogP contribution >= 0.6 is 39.1 Å². The second-order valence-electron chi connectivity index (χ2n) is 6.58. The first-order valence-electron chi connectivity index (χ1n) is 8.56. The Morgan fingerprint density at radius 1 is 1.03 bits per heavy atom. The molecule has 1 aliphatic heterocycles. The number of carbonyl (C=O) groups excluding carboxylic acids is 2. The molecular formula is C20H16BrCl2FO5. The molecule has 0 amide bonds. The monoisotopic (exact) mass is 504 g/mol. The third-order valence-corrected chi connectivity index (χ3v) is 6.02. The van der Waals surface area contributed by atoms with Gasteiger partial charge in [0.1, 0.15) is 12.7 Å². The molecule has 1 saturated heterocycles. The maximum atomic E-state index is 15.1. The number of rotatable bonds is 5. The van der Waals surface area contributed by atoms with Gasteiger partial charge >= 0.3 is 11.9 Å². The highest BCUT2D eigenvalue weighted by Crippen LogP contribution is 2.40. The van der Waals surface area contributed by atoms with Crippen molar-refractivity contribution in [3.05, 3.63) is 69.7 Å². The molecule has 0 radical (unpaired) electrons. The van der Waals surface area contributed by atoms with Crippen molar-refractivity contribution in [1.82, 2.24) is 0 Å². The summed E-state index contributed by atoms with van der Waals surface area (Å²) in [5.74, 6) is -1.37. The summed E-state index contributed by atoms with van der Waals surface area (Å²) in [7, 11) is 0. The van der Waals surface area contributed by atoms with E-state index >= 15 is 4.39 Å². The summed E-state index contributed by atoms with van der Waals surface area (Å²) >= 11 is 14.7. The summed E-state index contributed by atoms with van der Waals surface area (Å²) in [6.45, 7) is 0.939. The van der Waals surface area contributed by atoms with Crippen LogP contribution in [0.2, 0.25) is 10.0 Å². The van der Waals surface area contributed by atoms with E-state index in [1.165, 1.54) is 43.3 Å². The Kier molecular flexibility index (Phi) is 6.83. The van der Waals surface area contributed by atoms with E-state index in [1.807, 2.05) is 0 Å². The molecular weight excluding hydrogens is 490 g/mol. The highest BCUT2D eigenvalue weighted by molar-refractivity contribution is 9.09. The normalized spacial score (nSPS) is 26.2. The molecule has 5 nitrogen and oxygen atoms in total. The predicted molar refractivity (Wildman–Crippen MR) is 109 cm³/mol. The van der Waals surface area contributed by atoms with Crippen molar-refractivity contribution in [1.29, 1.82) is 0 Å². The molecule has 0 aromatic heterocycles. The van der Waals surface area contributed by atoms with Crippen molar-refractivity contribution >= 4 is 51.1 Å². The molecule has 2 aromatic rings. The van der Waals surface area contributed by atoms with Crippen LogP contribution in [-0.2, 0) is 14.2 Å². The minimum atomic E-state index is -2.04. The van der Waals surface area contributed by atoms with Gasteiger partial charge in [-0.2, -0.15) is 0 Å². The molecule has 1 aliphatic rings. The number of halogens is 4. The number of hydrogen-bond donors (Lipinski definition) is 0. The van der Waals surface area contributed by atoms with Crippen LogP contribution in [0, 0.1) is 0 Å². The van der Waals surface area contributed by atoms with Gasteiger partial charge in [-0.1, -0.05) is 39.1 Å². The molecule has 0 N–H and O–H groups in total. The molecule has 1 heterocycles. The van der Waals surface area contributed by atoms with Gasteiger partial charge in [-0.25, -0.2) is 14.0 Å². The zero-order valence-corrected chi connectivity index (χ0v) is 18.2. The maximum absolute atomic E-state index is 15.1. The zero-order chi connectivity index (χ0) is 21.2. The molecule has 4 atom stereocenters. The molecule has 3 rings (SSSR count). The second kappa shape index (κ2) is 9.00.